The van der Waals surface area contributed by atoms with Crippen molar-refractivity contribution < 1.29 is 29.1 Å². The third kappa shape index (κ3) is 4.88. The molecule has 2 atom stereocenters. The maximum Gasteiger partial charge on any atom is 0.498 e. The van der Waals surface area contributed by atoms with E-state index in [1.165, 1.54) is 0 Å². The molecule has 29 heavy (non-hydrogen) atoms. The molecule has 2 aliphatic heterocycles. The lowest BCUT2D eigenvalue weighted by Gasteiger charge is -2.33. The van der Waals surface area contributed by atoms with Crippen LogP contribution in [0, 0.1) is 5.92 Å². The van der Waals surface area contributed by atoms with Gasteiger partial charge in [-0.1, -0.05) is 0 Å². The van der Waals surface area contributed by atoms with Crippen LogP contribution in [0.4, 0.5) is 0 Å². The van der Waals surface area contributed by atoms with Crippen molar-refractivity contribution in [3.63, 3.8) is 0 Å². The van der Waals surface area contributed by atoms with Gasteiger partial charge in [0.15, 0.2) is 6.10 Å². The Balaban J connectivity index is 1.52. The van der Waals surface area contributed by atoms with Crippen molar-refractivity contribution >= 4 is 18.5 Å². The van der Waals surface area contributed by atoms with Gasteiger partial charge in [0.2, 0.25) is 0 Å². The van der Waals surface area contributed by atoms with E-state index in [0.717, 1.165) is 18.3 Å². The molecule has 0 aromatic carbocycles. The van der Waals surface area contributed by atoms with Crippen LogP contribution in [-0.4, -0.2) is 81.7 Å². The van der Waals surface area contributed by atoms with E-state index in [9.17, 15) is 9.90 Å². The van der Waals surface area contributed by atoms with Gasteiger partial charge in [-0.25, -0.2) is 9.97 Å². The second-order valence-corrected chi connectivity index (χ2v) is 8.69. The van der Waals surface area contributed by atoms with Gasteiger partial charge >= 0.3 is 13.1 Å². The Morgan fingerprint density at radius 2 is 1.93 bits per heavy atom. The Morgan fingerprint density at radius 3 is 2.52 bits per heavy atom. The number of aliphatic hydroxyl groups excluding tert-OH is 2. The van der Waals surface area contributed by atoms with E-state index < -0.39 is 36.9 Å². The first-order chi connectivity index (χ1) is 13.6. The second kappa shape index (κ2) is 8.55. The second-order valence-electron chi connectivity index (χ2n) is 8.69. The van der Waals surface area contributed by atoms with Gasteiger partial charge in [-0.15, -0.1) is 0 Å². The number of amides is 1. The Kier molecular flexibility index (Phi) is 6.47. The monoisotopic (exact) mass is 407 g/mol. The summed E-state index contributed by atoms with van der Waals surface area (Å²) >= 11 is 0. The van der Waals surface area contributed by atoms with Crippen molar-refractivity contribution in [3.05, 3.63) is 12.4 Å². The molecule has 3 rings (SSSR count). The van der Waals surface area contributed by atoms with Crippen LogP contribution < -0.4 is 10.2 Å². The van der Waals surface area contributed by atoms with Crippen LogP contribution in [0.15, 0.2) is 12.4 Å². The number of rotatable bonds is 6. The average Bonchev–Trinajstić information content (AvgIpc) is 2.93. The van der Waals surface area contributed by atoms with E-state index in [4.69, 9.17) is 19.2 Å². The van der Waals surface area contributed by atoms with Crippen LogP contribution in [0.5, 0.6) is 6.01 Å². The number of nitrogens with zero attached hydrogens (tertiary/aromatic N) is 3. The van der Waals surface area contributed by atoms with Gasteiger partial charge in [-0.05, 0) is 40.5 Å². The molecule has 2 fully saturated rings. The molecule has 160 valence electrons. The number of aliphatic hydroxyl groups is 2. The normalized spacial score (nSPS) is 24.4. The van der Waals surface area contributed by atoms with Gasteiger partial charge in [0.1, 0.15) is 0 Å². The van der Waals surface area contributed by atoms with E-state index in [2.05, 4.69) is 9.97 Å². The zero-order valence-electron chi connectivity index (χ0n) is 17.5. The molecular formula is C19H30BN3O6. The lowest BCUT2D eigenvalue weighted by atomic mass is 9.81. The molecule has 1 amide bonds. The fourth-order valence-corrected chi connectivity index (χ4v) is 3.38. The highest BCUT2D eigenvalue weighted by Gasteiger charge is 2.52. The molecule has 0 aliphatic carbocycles. The van der Waals surface area contributed by atoms with Crippen molar-refractivity contribution in [1.82, 2.24) is 14.9 Å². The van der Waals surface area contributed by atoms with E-state index in [1.54, 1.807) is 17.3 Å². The van der Waals surface area contributed by atoms with Gasteiger partial charge in [0.25, 0.3) is 5.91 Å². The molecule has 10 heteroatoms. The summed E-state index contributed by atoms with van der Waals surface area (Å²) in [5.41, 5.74) is -0.134. The molecule has 9 nitrogen and oxygen atoms in total. The molecule has 0 spiro atoms. The smallest absolute Gasteiger partial charge is 0.463 e. The van der Waals surface area contributed by atoms with Crippen LogP contribution in [0.3, 0.4) is 0 Å². The summed E-state index contributed by atoms with van der Waals surface area (Å²) in [5, 5.41) is 18.5. The molecule has 1 aromatic heterocycles. The maximum absolute atomic E-state index is 12.0. The quantitative estimate of drug-likeness (QED) is 0.621. The number of hydrogen-bond donors (Lipinski definition) is 2. The maximum atomic E-state index is 12.0. The van der Waals surface area contributed by atoms with Crippen LogP contribution >= 0.6 is 0 Å². The number of piperidine rings is 1. The van der Waals surface area contributed by atoms with Gasteiger partial charge < -0.3 is 29.2 Å². The fourth-order valence-electron chi connectivity index (χ4n) is 3.38. The highest BCUT2D eigenvalue weighted by Crippen LogP contribution is 2.36. The predicted molar refractivity (Wildman–Crippen MR) is 106 cm³/mol. The molecule has 0 radical (unpaired) electrons. The van der Waals surface area contributed by atoms with Crippen LogP contribution in [-0.2, 0) is 14.1 Å². The van der Waals surface area contributed by atoms with Gasteiger partial charge in [-0.2, -0.15) is 0 Å². The molecule has 2 aliphatic rings. The third-order valence-corrected chi connectivity index (χ3v) is 5.91. The molecule has 3 heterocycles. The number of ether oxygens (including phenoxy) is 1. The molecule has 2 saturated heterocycles. The number of aromatic nitrogens is 2. The van der Waals surface area contributed by atoms with Crippen molar-refractivity contribution in [2.75, 3.05) is 26.3 Å². The summed E-state index contributed by atoms with van der Waals surface area (Å²) in [4.78, 5) is 22.1. The Hall–Kier alpha value is -1.75. The molecule has 0 saturated carbocycles. The first-order valence-electron chi connectivity index (χ1n) is 10.0. The SMILES string of the molecule is CC1(C)OB(c2cnc(OCC3CCCN(C(=O)C(O)CO)C3)nc2)OC1(C)C. The highest BCUT2D eigenvalue weighted by atomic mass is 16.7. The van der Waals surface area contributed by atoms with Crippen LogP contribution in [0.1, 0.15) is 40.5 Å². The van der Waals surface area contributed by atoms with E-state index in [0.29, 0.717) is 19.7 Å². The number of carbonyl (C=O) groups is 1. The first kappa shape index (κ1) is 22.0. The number of likely N-dealkylation sites (tertiary alicyclic amines) is 1. The van der Waals surface area contributed by atoms with Crippen LogP contribution in [0.2, 0.25) is 0 Å². The van der Waals surface area contributed by atoms with Gasteiger partial charge in [0, 0.05) is 36.9 Å². The average molecular weight is 407 g/mol. The van der Waals surface area contributed by atoms with Crippen molar-refractivity contribution in [2.45, 2.75) is 57.8 Å². The topological polar surface area (TPSA) is 114 Å². The van der Waals surface area contributed by atoms with E-state index in [-0.39, 0.29) is 11.9 Å². The lowest BCUT2D eigenvalue weighted by molar-refractivity contribution is -0.144. The van der Waals surface area contributed by atoms with Crippen molar-refractivity contribution in [3.8, 4) is 6.01 Å². The van der Waals surface area contributed by atoms with Crippen molar-refractivity contribution in [2.24, 2.45) is 5.92 Å². The standard InChI is InChI=1S/C19H30BN3O6/c1-18(2)19(3,4)29-20(28-18)14-8-21-17(22-9-14)27-12-13-6-5-7-23(10-13)16(26)15(25)11-24/h8-9,13,15,24-25H,5-7,10-12H2,1-4H3. The zero-order valence-corrected chi connectivity index (χ0v) is 17.5. The zero-order chi connectivity index (χ0) is 21.2. The predicted octanol–water partition coefficient (Wildman–Crippen LogP) is -0.254. The summed E-state index contributed by atoms with van der Waals surface area (Å²) in [7, 11) is -0.523. The van der Waals surface area contributed by atoms with Gasteiger partial charge in [0.05, 0.1) is 24.4 Å². The largest absolute Gasteiger partial charge is 0.498 e. The molecule has 2 unspecified atom stereocenters. The number of carbonyl (C=O) groups excluding carboxylic acids is 1. The lowest BCUT2D eigenvalue weighted by Crippen LogP contribution is -2.47. The Morgan fingerprint density at radius 1 is 1.31 bits per heavy atom. The fraction of sp³-hybridized carbons (Fsp3) is 0.737. The molecule has 1 aromatic rings. The van der Waals surface area contributed by atoms with E-state index in [1.807, 2.05) is 27.7 Å². The first-order valence-corrected chi connectivity index (χ1v) is 10.0. The number of hydrogen-bond acceptors (Lipinski definition) is 8. The molecular weight excluding hydrogens is 377 g/mol. The molecule has 2 N–H and O–H groups in total. The summed E-state index contributed by atoms with van der Waals surface area (Å²) < 4.78 is 17.7. The Bertz CT molecular complexity index is 698. The summed E-state index contributed by atoms with van der Waals surface area (Å²) in [6.45, 7) is 8.81. The Labute approximate surface area is 171 Å². The van der Waals surface area contributed by atoms with Gasteiger partial charge in [-0.3, -0.25) is 4.79 Å². The summed E-state index contributed by atoms with van der Waals surface area (Å²) in [6.07, 6.45) is 3.64. The van der Waals surface area contributed by atoms with Crippen molar-refractivity contribution in [1.29, 1.82) is 0 Å². The minimum absolute atomic E-state index is 0.116. The minimum Gasteiger partial charge on any atom is -0.463 e. The minimum atomic E-state index is -1.36. The third-order valence-electron chi connectivity index (χ3n) is 5.91. The van der Waals surface area contributed by atoms with E-state index >= 15 is 0 Å². The summed E-state index contributed by atoms with van der Waals surface area (Å²) in [6, 6.07) is 0.254. The molecule has 0 bridgehead atoms. The summed E-state index contributed by atoms with van der Waals surface area (Å²) in [5.74, 6) is -0.329. The van der Waals surface area contributed by atoms with Crippen LogP contribution in [0.25, 0.3) is 0 Å². The highest BCUT2D eigenvalue weighted by molar-refractivity contribution is 6.61.